The van der Waals surface area contributed by atoms with Crippen LogP contribution >= 0.6 is 0 Å². The van der Waals surface area contributed by atoms with Crippen molar-refractivity contribution in [2.45, 2.75) is 97.1 Å². The van der Waals surface area contributed by atoms with E-state index in [4.69, 9.17) is 0 Å². The Hall–Kier alpha value is -0.970. The van der Waals surface area contributed by atoms with Gasteiger partial charge in [0.1, 0.15) is 5.82 Å². The van der Waals surface area contributed by atoms with Gasteiger partial charge in [-0.1, -0.05) is 6.92 Å². The number of fused-ring (bicyclic) bond motifs is 5. The van der Waals surface area contributed by atoms with Crippen LogP contribution in [0.3, 0.4) is 0 Å². The van der Waals surface area contributed by atoms with Crippen LogP contribution in [0.4, 0.5) is 0 Å². The second-order valence-corrected chi connectivity index (χ2v) is 12.5. The third-order valence-corrected chi connectivity index (χ3v) is 10.9. The zero-order valence-corrected chi connectivity index (χ0v) is 19.1. The van der Waals surface area contributed by atoms with E-state index in [2.05, 4.69) is 29.4 Å². The average Bonchev–Trinajstić information content (AvgIpc) is 3.18. The van der Waals surface area contributed by atoms with Crippen LogP contribution in [0.2, 0.25) is 0 Å². The van der Waals surface area contributed by atoms with E-state index >= 15 is 0 Å². The average molecular weight is 413 g/mol. The standard InChI is InChI=1S/C25H40N4O/c1-15-26-27-28-29(15)14-17-12-21(17)23-7-6-22-20-5-4-16-13-24(2,30)10-8-18(16)19(20)9-11-25(22,23)3/h16-23,30H,4-14H2,1-3H3/t16-,17-,18+,19-,20-,21+,22+,23-,24-,25+/m1/s1. The molecule has 0 aromatic carbocycles. The zero-order chi connectivity index (χ0) is 20.7. The van der Waals surface area contributed by atoms with E-state index in [-0.39, 0.29) is 0 Å². The molecule has 0 radical (unpaired) electrons. The molecular formula is C25H40N4O. The second kappa shape index (κ2) is 6.76. The first-order valence-electron chi connectivity index (χ1n) is 12.8. The summed E-state index contributed by atoms with van der Waals surface area (Å²) in [6, 6.07) is 0. The minimum Gasteiger partial charge on any atom is -0.390 e. The highest BCUT2D eigenvalue weighted by Crippen LogP contribution is 2.68. The van der Waals surface area contributed by atoms with Crippen molar-refractivity contribution >= 4 is 0 Å². The Bertz CT molecular complexity index is 805. The van der Waals surface area contributed by atoms with Crippen molar-refractivity contribution in [2.24, 2.45) is 52.8 Å². The van der Waals surface area contributed by atoms with Crippen molar-refractivity contribution in [3.63, 3.8) is 0 Å². The number of aromatic nitrogens is 4. The van der Waals surface area contributed by atoms with E-state index in [0.717, 1.165) is 72.6 Å². The fourth-order valence-electron chi connectivity index (χ4n) is 9.44. The summed E-state index contributed by atoms with van der Waals surface area (Å²) < 4.78 is 2.02. The quantitative estimate of drug-likeness (QED) is 0.786. The van der Waals surface area contributed by atoms with E-state index in [0.29, 0.717) is 5.41 Å². The molecule has 0 spiro atoms. The van der Waals surface area contributed by atoms with Crippen molar-refractivity contribution in [2.75, 3.05) is 0 Å². The molecule has 5 aliphatic rings. The molecule has 1 N–H and O–H groups in total. The van der Waals surface area contributed by atoms with Crippen molar-refractivity contribution in [3.8, 4) is 0 Å². The van der Waals surface area contributed by atoms with Crippen LogP contribution in [0.1, 0.15) is 83.9 Å². The Labute approximate surface area is 181 Å². The highest BCUT2D eigenvalue weighted by Gasteiger charge is 2.61. The monoisotopic (exact) mass is 412 g/mol. The van der Waals surface area contributed by atoms with Gasteiger partial charge in [0.25, 0.3) is 0 Å². The molecule has 0 unspecified atom stereocenters. The number of hydrogen-bond acceptors (Lipinski definition) is 4. The van der Waals surface area contributed by atoms with E-state index in [1.807, 2.05) is 11.6 Å². The molecule has 5 saturated carbocycles. The van der Waals surface area contributed by atoms with E-state index in [1.165, 1.54) is 51.4 Å². The highest BCUT2D eigenvalue weighted by molar-refractivity contribution is 5.10. The van der Waals surface area contributed by atoms with Gasteiger partial charge in [-0.3, -0.25) is 0 Å². The summed E-state index contributed by atoms with van der Waals surface area (Å²) in [6.45, 7) is 7.81. The molecule has 0 aliphatic heterocycles. The lowest BCUT2D eigenvalue weighted by Crippen LogP contribution is -2.50. The molecule has 6 rings (SSSR count). The minimum absolute atomic E-state index is 0.394. The summed E-state index contributed by atoms with van der Waals surface area (Å²) in [5.41, 5.74) is 0.178. The van der Waals surface area contributed by atoms with Crippen molar-refractivity contribution in [3.05, 3.63) is 5.82 Å². The van der Waals surface area contributed by atoms with Gasteiger partial charge < -0.3 is 5.11 Å². The van der Waals surface area contributed by atoms with Crippen molar-refractivity contribution < 1.29 is 5.11 Å². The van der Waals surface area contributed by atoms with Crippen LogP contribution in [0, 0.1) is 59.7 Å². The number of aryl methyl sites for hydroxylation is 1. The third-order valence-electron chi connectivity index (χ3n) is 10.9. The maximum absolute atomic E-state index is 10.6. The SMILES string of the molecule is Cc1nnnn1C[C@H]1C[C@@H]1[C@H]1CC[C@H]2[C@@H]3CC[C@@H]4C[C@](C)(O)CC[C@@H]4[C@H]3CC[C@]12C. The van der Waals surface area contributed by atoms with Gasteiger partial charge in [-0.15, -0.1) is 5.10 Å². The van der Waals surface area contributed by atoms with Gasteiger partial charge in [0, 0.05) is 6.54 Å². The fourth-order valence-corrected chi connectivity index (χ4v) is 9.44. The Kier molecular flexibility index (Phi) is 4.44. The predicted octanol–water partition coefficient (Wildman–Crippen LogP) is 4.64. The molecule has 1 aromatic heterocycles. The molecule has 10 atom stereocenters. The number of nitrogens with zero attached hydrogens (tertiary/aromatic N) is 4. The van der Waals surface area contributed by atoms with Crippen LogP contribution in [-0.4, -0.2) is 30.9 Å². The predicted molar refractivity (Wildman–Crippen MR) is 115 cm³/mol. The number of hydrogen-bond donors (Lipinski definition) is 1. The minimum atomic E-state index is -0.394. The summed E-state index contributed by atoms with van der Waals surface area (Å²) >= 11 is 0. The molecule has 5 aliphatic carbocycles. The highest BCUT2D eigenvalue weighted by atomic mass is 16.3. The molecule has 30 heavy (non-hydrogen) atoms. The third kappa shape index (κ3) is 3.01. The Balaban J connectivity index is 1.15. The molecule has 166 valence electrons. The fraction of sp³-hybridized carbons (Fsp3) is 0.960. The Morgan fingerprint density at radius 1 is 0.933 bits per heavy atom. The van der Waals surface area contributed by atoms with E-state index in [9.17, 15) is 5.11 Å². The molecule has 1 heterocycles. The largest absolute Gasteiger partial charge is 0.390 e. The Morgan fingerprint density at radius 3 is 2.47 bits per heavy atom. The first kappa shape index (κ1) is 19.7. The van der Waals surface area contributed by atoms with Crippen LogP contribution in [0.5, 0.6) is 0 Å². The number of aliphatic hydroxyl groups is 1. The summed E-state index contributed by atoms with van der Waals surface area (Å²) in [5, 5.41) is 22.7. The second-order valence-electron chi connectivity index (χ2n) is 12.5. The van der Waals surface area contributed by atoms with Gasteiger partial charge in [0.05, 0.1) is 5.60 Å². The van der Waals surface area contributed by atoms with Gasteiger partial charge >= 0.3 is 0 Å². The van der Waals surface area contributed by atoms with Crippen LogP contribution in [0.15, 0.2) is 0 Å². The molecule has 0 bridgehead atoms. The van der Waals surface area contributed by atoms with Crippen LogP contribution in [-0.2, 0) is 6.54 Å². The zero-order valence-electron chi connectivity index (χ0n) is 19.1. The van der Waals surface area contributed by atoms with Gasteiger partial charge in [-0.05, 0) is 141 Å². The molecule has 5 heteroatoms. The number of rotatable bonds is 3. The summed E-state index contributed by atoms with van der Waals surface area (Å²) in [4.78, 5) is 0. The molecular weight excluding hydrogens is 372 g/mol. The van der Waals surface area contributed by atoms with Gasteiger partial charge in [-0.2, -0.15) is 0 Å². The van der Waals surface area contributed by atoms with Crippen molar-refractivity contribution in [1.82, 2.24) is 20.2 Å². The van der Waals surface area contributed by atoms with Crippen LogP contribution < -0.4 is 0 Å². The van der Waals surface area contributed by atoms with E-state index < -0.39 is 5.60 Å². The lowest BCUT2D eigenvalue weighted by molar-refractivity contribution is -0.101. The molecule has 5 fully saturated rings. The van der Waals surface area contributed by atoms with Gasteiger partial charge in [-0.25, -0.2) is 4.68 Å². The maximum Gasteiger partial charge on any atom is 0.148 e. The lowest BCUT2D eigenvalue weighted by Gasteiger charge is -2.57. The lowest BCUT2D eigenvalue weighted by atomic mass is 9.49. The van der Waals surface area contributed by atoms with Gasteiger partial charge in [0.15, 0.2) is 0 Å². The van der Waals surface area contributed by atoms with E-state index in [1.54, 1.807) is 0 Å². The Morgan fingerprint density at radius 2 is 1.70 bits per heavy atom. The van der Waals surface area contributed by atoms with Crippen molar-refractivity contribution in [1.29, 1.82) is 0 Å². The molecule has 5 nitrogen and oxygen atoms in total. The summed E-state index contributed by atoms with van der Waals surface area (Å²) in [6.07, 6.45) is 13.4. The normalized spacial score (nSPS) is 52.4. The molecule has 1 aromatic rings. The molecule has 0 saturated heterocycles. The topological polar surface area (TPSA) is 63.8 Å². The van der Waals surface area contributed by atoms with Crippen LogP contribution in [0.25, 0.3) is 0 Å². The first-order valence-corrected chi connectivity index (χ1v) is 12.8. The summed E-state index contributed by atoms with van der Waals surface area (Å²) in [5.74, 6) is 8.17. The first-order chi connectivity index (χ1) is 14.4. The molecule has 0 amide bonds. The number of tetrazole rings is 1. The van der Waals surface area contributed by atoms with Gasteiger partial charge in [0.2, 0.25) is 0 Å². The summed E-state index contributed by atoms with van der Waals surface area (Å²) in [7, 11) is 0. The maximum atomic E-state index is 10.6. The smallest absolute Gasteiger partial charge is 0.148 e.